The van der Waals surface area contributed by atoms with Gasteiger partial charge in [0.15, 0.2) is 0 Å². The molecule has 0 amide bonds. The van der Waals surface area contributed by atoms with E-state index in [1.54, 1.807) is 24.3 Å². The van der Waals surface area contributed by atoms with Crippen LogP contribution >= 0.6 is 0 Å². The molecule has 1 aliphatic heterocycles. The van der Waals surface area contributed by atoms with Crippen LogP contribution in [0.1, 0.15) is 11.6 Å². The molecule has 1 atom stereocenters. The fourth-order valence-electron chi connectivity index (χ4n) is 3.02. The van der Waals surface area contributed by atoms with Gasteiger partial charge < -0.3 is 10.4 Å². The second-order valence-electron chi connectivity index (χ2n) is 5.28. The lowest BCUT2D eigenvalue weighted by atomic mass is 9.96. The van der Waals surface area contributed by atoms with Gasteiger partial charge in [0.05, 0.1) is 6.04 Å². The Labute approximate surface area is 122 Å². The fraction of sp³-hybridized carbons (Fsp3) is 0.375. The van der Waals surface area contributed by atoms with Crippen molar-refractivity contribution >= 4 is 10.8 Å². The van der Waals surface area contributed by atoms with Gasteiger partial charge in [-0.15, -0.1) is 0 Å². The third-order valence-corrected chi connectivity index (χ3v) is 4.04. The zero-order chi connectivity index (χ0) is 14.8. The molecule has 0 aromatic heterocycles. The minimum atomic E-state index is -2.46. The average Bonchev–Trinajstić information content (AvgIpc) is 2.51. The number of phenolic OH excluding ortho intramolecular Hbond substituents is 1. The third kappa shape index (κ3) is 2.71. The lowest BCUT2D eigenvalue weighted by Gasteiger charge is -2.35. The summed E-state index contributed by atoms with van der Waals surface area (Å²) in [5.74, 6) is 0.127. The maximum absolute atomic E-state index is 13.7. The number of hydrogen-bond acceptors (Lipinski definition) is 3. The first kappa shape index (κ1) is 14.2. The van der Waals surface area contributed by atoms with Crippen LogP contribution < -0.4 is 5.32 Å². The smallest absolute Gasteiger partial charge is 0.258 e. The first-order valence-electron chi connectivity index (χ1n) is 7.12. The highest BCUT2D eigenvalue weighted by molar-refractivity contribution is 5.91. The molecular formula is C16H18F2N2O. The van der Waals surface area contributed by atoms with Crippen LogP contribution in [0.25, 0.3) is 10.8 Å². The lowest BCUT2D eigenvalue weighted by molar-refractivity contribution is 0.0189. The van der Waals surface area contributed by atoms with Crippen LogP contribution in [0.5, 0.6) is 5.75 Å². The van der Waals surface area contributed by atoms with E-state index in [-0.39, 0.29) is 5.75 Å². The van der Waals surface area contributed by atoms with E-state index in [1.807, 2.05) is 11.0 Å². The molecule has 1 aliphatic rings. The number of fused-ring (bicyclic) bond motifs is 1. The summed E-state index contributed by atoms with van der Waals surface area (Å²) in [6, 6.07) is 9.36. The highest BCUT2D eigenvalue weighted by atomic mass is 19.3. The second kappa shape index (κ2) is 5.95. The van der Waals surface area contributed by atoms with Crippen LogP contribution in [-0.2, 0) is 0 Å². The number of aromatic hydroxyl groups is 1. The van der Waals surface area contributed by atoms with E-state index in [9.17, 15) is 13.9 Å². The fourth-order valence-corrected chi connectivity index (χ4v) is 3.02. The van der Waals surface area contributed by atoms with Crippen molar-refractivity contribution in [3.05, 3.63) is 42.0 Å². The number of rotatable bonds is 3. The quantitative estimate of drug-likeness (QED) is 0.913. The van der Waals surface area contributed by atoms with Crippen LogP contribution in [0.15, 0.2) is 36.4 Å². The molecule has 2 aromatic carbocycles. The first-order valence-corrected chi connectivity index (χ1v) is 7.12. The van der Waals surface area contributed by atoms with Crippen molar-refractivity contribution in [1.82, 2.24) is 10.2 Å². The van der Waals surface area contributed by atoms with Gasteiger partial charge in [-0.05, 0) is 17.0 Å². The van der Waals surface area contributed by atoms with Crippen molar-refractivity contribution in [3.8, 4) is 5.75 Å². The lowest BCUT2D eigenvalue weighted by Crippen LogP contribution is -2.46. The largest absolute Gasteiger partial charge is 0.507 e. The summed E-state index contributed by atoms with van der Waals surface area (Å²) in [4.78, 5) is 1.82. The van der Waals surface area contributed by atoms with E-state index in [0.29, 0.717) is 29.4 Å². The molecule has 1 fully saturated rings. The molecule has 0 unspecified atom stereocenters. The Morgan fingerprint density at radius 2 is 1.67 bits per heavy atom. The predicted molar refractivity (Wildman–Crippen MR) is 78.8 cm³/mol. The normalized spacial score (nSPS) is 18.2. The molecule has 0 bridgehead atoms. The Bertz CT molecular complexity index is 627. The molecule has 5 heteroatoms. The molecular weight excluding hydrogens is 274 g/mol. The Morgan fingerprint density at radius 3 is 2.33 bits per heavy atom. The number of nitrogens with one attached hydrogen (secondary N) is 1. The molecule has 0 radical (unpaired) electrons. The number of alkyl halides is 2. The summed E-state index contributed by atoms with van der Waals surface area (Å²) in [5, 5.41) is 14.4. The standard InChI is InChI=1S/C16H18F2N2O/c17-16(18)15(20-9-7-19-8-10-20)13-5-6-14(21)12-4-2-1-3-11(12)13/h1-6,15-16,19,21H,7-10H2/t15-/m0/s1. The summed E-state index contributed by atoms with van der Waals surface area (Å²) in [6.07, 6.45) is -2.46. The molecule has 1 saturated heterocycles. The van der Waals surface area contributed by atoms with E-state index in [0.717, 1.165) is 13.1 Å². The van der Waals surface area contributed by atoms with E-state index in [2.05, 4.69) is 5.32 Å². The molecule has 3 rings (SSSR count). The van der Waals surface area contributed by atoms with E-state index in [4.69, 9.17) is 0 Å². The highest BCUT2D eigenvalue weighted by Gasteiger charge is 2.31. The Balaban J connectivity index is 2.09. The van der Waals surface area contributed by atoms with E-state index in [1.165, 1.54) is 6.07 Å². The zero-order valence-corrected chi connectivity index (χ0v) is 11.6. The van der Waals surface area contributed by atoms with Crippen molar-refractivity contribution in [2.45, 2.75) is 12.5 Å². The molecule has 21 heavy (non-hydrogen) atoms. The van der Waals surface area contributed by atoms with Crippen LogP contribution in [0.4, 0.5) is 8.78 Å². The molecule has 0 saturated carbocycles. The summed E-state index contributed by atoms with van der Waals surface area (Å²) in [5.41, 5.74) is 0.584. The van der Waals surface area contributed by atoms with Crippen molar-refractivity contribution in [2.24, 2.45) is 0 Å². The van der Waals surface area contributed by atoms with Crippen LogP contribution in [-0.4, -0.2) is 42.6 Å². The molecule has 3 nitrogen and oxygen atoms in total. The van der Waals surface area contributed by atoms with Crippen molar-refractivity contribution in [2.75, 3.05) is 26.2 Å². The Hall–Kier alpha value is -1.72. The predicted octanol–water partition coefficient (Wildman–Crippen LogP) is 2.76. The number of phenols is 1. The van der Waals surface area contributed by atoms with Gasteiger partial charge in [-0.2, -0.15) is 0 Å². The van der Waals surface area contributed by atoms with Gasteiger partial charge in [0.25, 0.3) is 6.43 Å². The van der Waals surface area contributed by atoms with Crippen molar-refractivity contribution < 1.29 is 13.9 Å². The van der Waals surface area contributed by atoms with E-state index >= 15 is 0 Å². The number of nitrogens with zero attached hydrogens (tertiary/aromatic N) is 1. The molecule has 2 N–H and O–H groups in total. The average molecular weight is 292 g/mol. The van der Waals surface area contributed by atoms with Crippen LogP contribution in [0, 0.1) is 0 Å². The van der Waals surface area contributed by atoms with Gasteiger partial charge in [-0.3, -0.25) is 4.90 Å². The monoisotopic (exact) mass is 292 g/mol. The maximum atomic E-state index is 13.7. The number of hydrogen-bond donors (Lipinski definition) is 2. The highest BCUT2D eigenvalue weighted by Crippen LogP contribution is 2.36. The van der Waals surface area contributed by atoms with Crippen molar-refractivity contribution in [1.29, 1.82) is 0 Å². The van der Waals surface area contributed by atoms with Gasteiger partial charge >= 0.3 is 0 Å². The van der Waals surface area contributed by atoms with Gasteiger partial charge in [0, 0.05) is 31.6 Å². The molecule has 1 heterocycles. The topological polar surface area (TPSA) is 35.5 Å². The minimum absolute atomic E-state index is 0.127. The molecule has 0 aliphatic carbocycles. The Kier molecular flexibility index (Phi) is 4.03. The zero-order valence-electron chi connectivity index (χ0n) is 11.6. The Morgan fingerprint density at radius 1 is 1.00 bits per heavy atom. The minimum Gasteiger partial charge on any atom is -0.507 e. The first-order chi connectivity index (χ1) is 10.2. The molecule has 0 spiro atoms. The summed E-state index contributed by atoms with van der Waals surface area (Å²) >= 11 is 0. The van der Waals surface area contributed by atoms with Crippen molar-refractivity contribution in [3.63, 3.8) is 0 Å². The SMILES string of the molecule is Oc1ccc([C@@H](C(F)F)N2CCNCC2)c2ccccc12. The number of piperazine rings is 1. The molecule has 2 aromatic rings. The van der Waals surface area contributed by atoms with Crippen LogP contribution in [0.2, 0.25) is 0 Å². The summed E-state index contributed by atoms with van der Waals surface area (Å²) in [6.45, 7) is 2.65. The van der Waals surface area contributed by atoms with Crippen LogP contribution in [0.3, 0.4) is 0 Å². The second-order valence-corrected chi connectivity index (χ2v) is 5.28. The van der Waals surface area contributed by atoms with Gasteiger partial charge in [0.2, 0.25) is 0 Å². The van der Waals surface area contributed by atoms with Gasteiger partial charge in [0.1, 0.15) is 5.75 Å². The number of halogens is 2. The maximum Gasteiger partial charge on any atom is 0.258 e. The number of benzene rings is 2. The summed E-state index contributed by atoms with van der Waals surface area (Å²) < 4.78 is 27.3. The summed E-state index contributed by atoms with van der Waals surface area (Å²) in [7, 11) is 0. The third-order valence-electron chi connectivity index (χ3n) is 4.04. The van der Waals surface area contributed by atoms with Gasteiger partial charge in [-0.1, -0.05) is 30.3 Å². The van der Waals surface area contributed by atoms with E-state index < -0.39 is 12.5 Å². The van der Waals surface area contributed by atoms with Gasteiger partial charge in [-0.25, -0.2) is 8.78 Å². The molecule has 112 valence electrons.